The van der Waals surface area contributed by atoms with Crippen LogP contribution < -0.4 is 10.6 Å². The molecule has 0 saturated carbocycles. The number of nitrogens with one attached hydrogen (secondary N) is 2. The van der Waals surface area contributed by atoms with Crippen molar-refractivity contribution in [2.24, 2.45) is 0 Å². The van der Waals surface area contributed by atoms with E-state index in [1.165, 1.54) is 12.1 Å². The third-order valence-corrected chi connectivity index (χ3v) is 3.80. The van der Waals surface area contributed by atoms with Crippen LogP contribution in [0.25, 0.3) is 0 Å². The quantitative estimate of drug-likeness (QED) is 0.765. The zero-order valence-corrected chi connectivity index (χ0v) is 13.4. The van der Waals surface area contributed by atoms with Gasteiger partial charge >= 0.3 is 12.0 Å². The molecule has 23 heavy (non-hydrogen) atoms. The molecule has 2 rings (SSSR count). The molecule has 0 fully saturated rings. The second kappa shape index (κ2) is 7.85. The molecule has 0 bridgehead atoms. The average Bonchev–Trinajstić information content (AvgIpc) is 2.51. The van der Waals surface area contributed by atoms with E-state index in [0.29, 0.717) is 15.7 Å². The Morgan fingerprint density at radius 2 is 1.74 bits per heavy atom. The van der Waals surface area contributed by atoms with Crippen LogP contribution in [0, 0.1) is 0 Å². The summed E-state index contributed by atoms with van der Waals surface area (Å²) in [4.78, 5) is 23.3. The Kier molecular flexibility index (Phi) is 5.84. The molecular weight excluding hydrogens is 339 g/mol. The summed E-state index contributed by atoms with van der Waals surface area (Å²) in [5, 5.41) is 14.9. The molecule has 0 aromatic heterocycles. The number of carbonyl (C=O) groups excluding carboxylic acids is 1. The largest absolute Gasteiger partial charge is 0.480 e. The molecule has 0 spiro atoms. The van der Waals surface area contributed by atoms with E-state index in [9.17, 15) is 14.7 Å². The Balaban J connectivity index is 2.00. The Hall–Kier alpha value is -2.24. The highest BCUT2D eigenvalue weighted by atomic mass is 35.5. The van der Waals surface area contributed by atoms with Crippen molar-refractivity contribution in [3.05, 3.63) is 64.1 Å². The van der Waals surface area contributed by atoms with Gasteiger partial charge in [-0.3, -0.25) is 0 Å². The van der Waals surface area contributed by atoms with Crippen molar-refractivity contribution in [2.75, 3.05) is 5.32 Å². The molecule has 0 heterocycles. The molecule has 2 aromatic carbocycles. The normalized spacial score (nSPS) is 11.6. The SMILES string of the molecule is O=C(Nc1ccc(Cl)c(Cl)c1)N[C@@H](Cc1ccccc1)C(=O)O. The summed E-state index contributed by atoms with van der Waals surface area (Å²) in [7, 11) is 0. The second-order valence-corrected chi connectivity index (χ2v) is 5.62. The molecule has 0 unspecified atom stereocenters. The number of carboxylic acid groups (broad SMARTS) is 1. The van der Waals surface area contributed by atoms with E-state index in [-0.39, 0.29) is 6.42 Å². The fourth-order valence-corrected chi connectivity index (χ4v) is 2.25. The van der Waals surface area contributed by atoms with Gasteiger partial charge in [-0.2, -0.15) is 0 Å². The fourth-order valence-electron chi connectivity index (χ4n) is 1.95. The maximum Gasteiger partial charge on any atom is 0.326 e. The van der Waals surface area contributed by atoms with Gasteiger partial charge in [-0.05, 0) is 23.8 Å². The number of urea groups is 1. The van der Waals surface area contributed by atoms with Crippen molar-refractivity contribution < 1.29 is 14.7 Å². The third-order valence-electron chi connectivity index (χ3n) is 3.06. The minimum Gasteiger partial charge on any atom is -0.480 e. The van der Waals surface area contributed by atoms with E-state index in [0.717, 1.165) is 5.56 Å². The van der Waals surface area contributed by atoms with Crippen LogP contribution in [-0.2, 0) is 11.2 Å². The van der Waals surface area contributed by atoms with Crippen LogP contribution in [0.4, 0.5) is 10.5 Å². The number of anilines is 1. The average molecular weight is 353 g/mol. The molecule has 0 aliphatic heterocycles. The lowest BCUT2D eigenvalue weighted by Gasteiger charge is -2.15. The van der Waals surface area contributed by atoms with Gasteiger partial charge in [-0.15, -0.1) is 0 Å². The standard InChI is InChI=1S/C16H14Cl2N2O3/c17-12-7-6-11(9-13(12)18)19-16(23)20-14(15(21)22)8-10-4-2-1-3-5-10/h1-7,9,14H,8H2,(H,21,22)(H2,19,20,23)/t14-/m0/s1. The van der Waals surface area contributed by atoms with Crippen molar-refractivity contribution in [2.45, 2.75) is 12.5 Å². The van der Waals surface area contributed by atoms with Crippen molar-refractivity contribution in [1.29, 1.82) is 0 Å². The van der Waals surface area contributed by atoms with Gasteiger partial charge in [-0.25, -0.2) is 9.59 Å². The molecule has 7 heteroatoms. The summed E-state index contributed by atoms with van der Waals surface area (Å²) in [5.74, 6) is -1.11. The lowest BCUT2D eigenvalue weighted by atomic mass is 10.1. The highest BCUT2D eigenvalue weighted by molar-refractivity contribution is 6.42. The summed E-state index contributed by atoms with van der Waals surface area (Å²) in [6.45, 7) is 0. The molecule has 0 aliphatic carbocycles. The maximum atomic E-state index is 12.0. The van der Waals surface area contributed by atoms with E-state index in [1.807, 2.05) is 18.2 Å². The Morgan fingerprint density at radius 1 is 1.04 bits per heavy atom. The molecular formula is C16H14Cl2N2O3. The molecule has 0 radical (unpaired) electrons. The van der Waals surface area contributed by atoms with Gasteiger partial charge < -0.3 is 15.7 Å². The highest BCUT2D eigenvalue weighted by Gasteiger charge is 2.20. The first-order valence-electron chi connectivity index (χ1n) is 6.75. The summed E-state index contributed by atoms with van der Waals surface area (Å²) < 4.78 is 0. The third kappa shape index (κ3) is 5.16. The summed E-state index contributed by atoms with van der Waals surface area (Å²) in [5.41, 5.74) is 1.23. The van der Waals surface area contributed by atoms with E-state index in [1.54, 1.807) is 18.2 Å². The van der Waals surface area contributed by atoms with Gasteiger partial charge in [0.05, 0.1) is 10.0 Å². The molecule has 2 aromatic rings. The molecule has 120 valence electrons. The molecule has 2 amide bonds. The topological polar surface area (TPSA) is 78.4 Å². The minimum atomic E-state index is -1.11. The Morgan fingerprint density at radius 3 is 2.35 bits per heavy atom. The zero-order chi connectivity index (χ0) is 16.8. The number of carbonyl (C=O) groups is 2. The lowest BCUT2D eigenvalue weighted by molar-refractivity contribution is -0.139. The van der Waals surface area contributed by atoms with Gasteiger partial charge in [0.25, 0.3) is 0 Å². The van der Waals surface area contributed by atoms with E-state index in [2.05, 4.69) is 10.6 Å². The number of amides is 2. The van der Waals surface area contributed by atoms with E-state index < -0.39 is 18.0 Å². The fraction of sp³-hybridized carbons (Fsp3) is 0.125. The van der Waals surface area contributed by atoms with Crippen LogP contribution in [0.15, 0.2) is 48.5 Å². The van der Waals surface area contributed by atoms with Gasteiger partial charge in [0.2, 0.25) is 0 Å². The number of carboxylic acids is 1. The van der Waals surface area contributed by atoms with Crippen LogP contribution >= 0.6 is 23.2 Å². The van der Waals surface area contributed by atoms with Crippen LogP contribution in [0.2, 0.25) is 10.0 Å². The number of aliphatic carboxylic acids is 1. The van der Waals surface area contributed by atoms with Crippen LogP contribution in [0.3, 0.4) is 0 Å². The predicted molar refractivity (Wildman–Crippen MR) is 90.2 cm³/mol. The molecule has 0 aliphatic rings. The summed E-state index contributed by atoms with van der Waals surface area (Å²) in [6, 6.07) is 12.0. The van der Waals surface area contributed by atoms with Crippen molar-refractivity contribution in [3.8, 4) is 0 Å². The number of benzene rings is 2. The highest BCUT2D eigenvalue weighted by Crippen LogP contribution is 2.24. The predicted octanol–water partition coefficient (Wildman–Crippen LogP) is 3.81. The van der Waals surface area contributed by atoms with Crippen LogP contribution in [0.1, 0.15) is 5.56 Å². The number of hydrogen-bond acceptors (Lipinski definition) is 2. The van der Waals surface area contributed by atoms with Crippen molar-refractivity contribution in [3.63, 3.8) is 0 Å². The monoisotopic (exact) mass is 352 g/mol. The smallest absolute Gasteiger partial charge is 0.326 e. The van der Waals surface area contributed by atoms with E-state index in [4.69, 9.17) is 23.2 Å². The van der Waals surface area contributed by atoms with Gasteiger partial charge in [0, 0.05) is 12.1 Å². The number of rotatable bonds is 5. The molecule has 0 saturated heterocycles. The molecule has 3 N–H and O–H groups in total. The lowest BCUT2D eigenvalue weighted by Crippen LogP contribution is -2.44. The maximum absolute atomic E-state index is 12.0. The first-order valence-corrected chi connectivity index (χ1v) is 7.50. The molecule has 5 nitrogen and oxygen atoms in total. The first-order chi connectivity index (χ1) is 11.0. The summed E-state index contributed by atoms with van der Waals surface area (Å²) in [6.07, 6.45) is 0.185. The zero-order valence-electron chi connectivity index (χ0n) is 11.9. The molecule has 1 atom stereocenters. The van der Waals surface area contributed by atoms with E-state index >= 15 is 0 Å². The first kappa shape index (κ1) is 17.1. The van der Waals surface area contributed by atoms with Crippen molar-refractivity contribution in [1.82, 2.24) is 5.32 Å². The van der Waals surface area contributed by atoms with Gasteiger partial charge in [-0.1, -0.05) is 53.5 Å². The van der Waals surface area contributed by atoms with Crippen LogP contribution in [0.5, 0.6) is 0 Å². The van der Waals surface area contributed by atoms with Crippen LogP contribution in [-0.4, -0.2) is 23.1 Å². The minimum absolute atomic E-state index is 0.185. The second-order valence-electron chi connectivity index (χ2n) is 4.81. The van der Waals surface area contributed by atoms with Crippen molar-refractivity contribution >= 4 is 40.9 Å². The number of hydrogen-bond donors (Lipinski definition) is 3. The Bertz CT molecular complexity index is 708. The van der Waals surface area contributed by atoms with Gasteiger partial charge in [0.15, 0.2) is 0 Å². The Labute approximate surface area is 143 Å². The number of halogens is 2. The summed E-state index contributed by atoms with van der Waals surface area (Å²) >= 11 is 11.7. The van der Waals surface area contributed by atoms with Gasteiger partial charge in [0.1, 0.15) is 6.04 Å².